The lowest BCUT2D eigenvalue weighted by atomic mass is 9.93. The number of aryl methyl sites for hydroxylation is 1. The molecule has 1 aromatic rings. The van der Waals surface area contributed by atoms with Crippen LogP contribution in [0, 0.1) is 5.92 Å². The van der Waals surface area contributed by atoms with Gasteiger partial charge in [0.25, 0.3) is 0 Å². The van der Waals surface area contributed by atoms with Gasteiger partial charge in [0.1, 0.15) is 11.3 Å². The Hall–Kier alpha value is -2.61. The Kier molecular flexibility index (Phi) is 10.1. The van der Waals surface area contributed by atoms with Crippen molar-refractivity contribution in [2.45, 2.75) is 96.9 Å². The molecule has 0 aliphatic carbocycles. The van der Waals surface area contributed by atoms with E-state index in [1.165, 1.54) is 7.11 Å². The molecule has 1 fully saturated rings. The summed E-state index contributed by atoms with van der Waals surface area (Å²) in [6.07, 6.45) is 5.39. The van der Waals surface area contributed by atoms with Crippen LogP contribution in [0.4, 0.5) is 4.79 Å². The van der Waals surface area contributed by atoms with Crippen molar-refractivity contribution < 1.29 is 33.7 Å². The van der Waals surface area contributed by atoms with Crippen LogP contribution >= 0.6 is 0 Å². The molecule has 1 aliphatic heterocycles. The number of aliphatic carboxylic acids is 1. The summed E-state index contributed by atoms with van der Waals surface area (Å²) in [5.41, 5.74) is 0.681. The van der Waals surface area contributed by atoms with Gasteiger partial charge in [-0.3, -0.25) is 14.5 Å². The number of carboxylic acid groups (broad SMARTS) is 1. The van der Waals surface area contributed by atoms with Gasteiger partial charge in [0, 0.05) is 0 Å². The molecular formula is C27H41NO7. The second-order valence-electron chi connectivity index (χ2n) is 10.6. The van der Waals surface area contributed by atoms with Gasteiger partial charge in [-0.1, -0.05) is 43.5 Å². The zero-order valence-electron chi connectivity index (χ0n) is 22.0. The molecule has 1 N–H and O–H groups in total. The van der Waals surface area contributed by atoms with Gasteiger partial charge in [0.15, 0.2) is 5.92 Å². The third kappa shape index (κ3) is 8.53. The minimum atomic E-state index is -1.20. The summed E-state index contributed by atoms with van der Waals surface area (Å²) in [4.78, 5) is 37.8. The SMILES string of the molecule is COC(=O)C(Cc1ccccc1CCCCCC[C@H]1COC(C)(C)N1C(=O)OC(C)(C)C)C(=O)O. The Bertz CT molecular complexity index is 875. The lowest BCUT2D eigenvalue weighted by Crippen LogP contribution is -2.49. The number of rotatable bonds is 11. The maximum atomic E-state index is 12.7. The molecule has 0 bridgehead atoms. The molecule has 0 saturated carbocycles. The second-order valence-corrected chi connectivity index (χ2v) is 10.6. The van der Waals surface area contributed by atoms with Crippen molar-refractivity contribution in [3.05, 3.63) is 35.4 Å². The van der Waals surface area contributed by atoms with Crippen LogP contribution < -0.4 is 0 Å². The predicted octanol–water partition coefficient (Wildman–Crippen LogP) is 4.97. The van der Waals surface area contributed by atoms with Crippen LogP contribution in [0.5, 0.6) is 0 Å². The summed E-state index contributed by atoms with van der Waals surface area (Å²) in [5.74, 6) is -3.11. The van der Waals surface area contributed by atoms with Gasteiger partial charge in [-0.15, -0.1) is 0 Å². The molecule has 2 rings (SSSR count). The quantitative estimate of drug-likeness (QED) is 0.265. The number of nitrogens with zero attached hydrogens (tertiary/aromatic N) is 1. The topological polar surface area (TPSA) is 102 Å². The summed E-state index contributed by atoms with van der Waals surface area (Å²) in [6.45, 7) is 9.87. The smallest absolute Gasteiger partial charge is 0.412 e. The predicted molar refractivity (Wildman–Crippen MR) is 132 cm³/mol. The summed E-state index contributed by atoms with van der Waals surface area (Å²) in [5, 5.41) is 9.39. The fraction of sp³-hybridized carbons (Fsp3) is 0.667. The maximum absolute atomic E-state index is 12.7. The van der Waals surface area contributed by atoms with Crippen LogP contribution in [0.2, 0.25) is 0 Å². The second kappa shape index (κ2) is 12.4. The number of carbonyl (C=O) groups excluding carboxylic acids is 2. The fourth-order valence-corrected chi connectivity index (χ4v) is 4.46. The molecule has 196 valence electrons. The highest BCUT2D eigenvalue weighted by Crippen LogP contribution is 2.32. The maximum Gasteiger partial charge on any atom is 0.412 e. The van der Waals surface area contributed by atoms with E-state index in [2.05, 4.69) is 4.74 Å². The highest BCUT2D eigenvalue weighted by molar-refractivity contribution is 5.94. The van der Waals surface area contributed by atoms with Gasteiger partial charge >= 0.3 is 18.0 Å². The van der Waals surface area contributed by atoms with Gasteiger partial charge in [-0.2, -0.15) is 0 Å². The van der Waals surface area contributed by atoms with Crippen molar-refractivity contribution in [1.82, 2.24) is 4.90 Å². The third-order valence-corrected chi connectivity index (χ3v) is 6.22. The Morgan fingerprint density at radius 2 is 1.74 bits per heavy atom. The monoisotopic (exact) mass is 491 g/mol. The lowest BCUT2D eigenvalue weighted by molar-refractivity contribution is -0.156. The first-order valence-electron chi connectivity index (χ1n) is 12.4. The van der Waals surface area contributed by atoms with E-state index in [-0.39, 0.29) is 18.6 Å². The van der Waals surface area contributed by atoms with E-state index in [0.29, 0.717) is 6.61 Å². The molecule has 8 heteroatoms. The average molecular weight is 492 g/mol. The van der Waals surface area contributed by atoms with E-state index in [1.54, 1.807) is 4.90 Å². The largest absolute Gasteiger partial charge is 0.481 e. The Balaban J connectivity index is 1.83. The van der Waals surface area contributed by atoms with Gasteiger partial charge in [-0.05, 0) is 71.4 Å². The molecule has 1 aromatic carbocycles. The van der Waals surface area contributed by atoms with Crippen molar-refractivity contribution in [1.29, 1.82) is 0 Å². The van der Waals surface area contributed by atoms with Crippen LogP contribution in [0.3, 0.4) is 0 Å². The molecule has 8 nitrogen and oxygen atoms in total. The summed E-state index contributed by atoms with van der Waals surface area (Å²) >= 11 is 0. The summed E-state index contributed by atoms with van der Waals surface area (Å²) < 4.78 is 16.1. The third-order valence-electron chi connectivity index (χ3n) is 6.22. The first-order valence-corrected chi connectivity index (χ1v) is 12.4. The Morgan fingerprint density at radius 1 is 1.11 bits per heavy atom. The molecule has 1 aliphatic rings. The van der Waals surface area contributed by atoms with Gasteiger partial charge in [-0.25, -0.2) is 4.79 Å². The van der Waals surface area contributed by atoms with Crippen molar-refractivity contribution >= 4 is 18.0 Å². The molecule has 0 spiro atoms. The minimum absolute atomic E-state index is 0.00755. The van der Waals surface area contributed by atoms with Crippen LogP contribution in [0.1, 0.15) is 77.8 Å². The fourth-order valence-electron chi connectivity index (χ4n) is 4.46. The van der Waals surface area contributed by atoms with Gasteiger partial charge in [0.05, 0.1) is 19.8 Å². The highest BCUT2D eigenvalue weighted by Gasteiger charge is 2.45. The first-order chi connectivity index (χ1) is 16.4. The number of carboxylic acids is 1. The van der Waals surface area contributed by atoms with Crippen LogP contribution in [-0.2, 0) is 36.6 Å². The molecule has 1 amide bonds. The number of hydrogen-bond donors (Lipinski definition) is 1. The minimum Gasteiger partial charge on any atom is -0.481 e. The Morgan fingerprint density at radius 3 is 2.34 bits per heavy atom. The number of esters is 1. The number of benzene rings is 1. The van der Waals surface area contributed by atoms with E-state index < -0.39 is 29.2 Å². The number of amides is 1. The molecule has 1 saturated heterocycles. The number of carbonyl (C=O) groups is 3. The van der Waals surface area contributed by atoms with E-state index >= 15 is 0 Å². The van der Waals surface area contributed by atoms with E-state index in [4.69, 9.17) is 9.47 Å². The zero-order chi connectivity index (χ0) is 26.2. The summed E-state index contributed by atoms with van der Waals surface area (Å²) in [7, 11) is 1.20. The molecule has 1 heterocycles. The van der Waals surface area contributed by atoms with Gasteiger partial charge < -0.3 is 19.3 Å². The normalized spacial score (nSPS) is 18.2. The van der Waals surface area contributed by atoms with Crippen molar-refractivity contribution in [3.8, 4) is 0 Å². The van der Waals surface area contributed by atoms with Crippen molar-refractivity contribution in [3.63, 3.8) is 0 Å². The summed E-state index contributed by atoms with van der Waals surface area (Å²) in [6, 6.07) is 7.65. The molecule has 1 unspecified atom stereocenters. The zero-order valence-corrected chi connectivity index (χ0v) is 22.0. The van der Waals surface area contributed by atoms with E-state index in [1.807, 2.05) is 58.9 Å². The van der Waals surface area contributed by atoms with E-state index in [0.717, 1.165) is 49.7 Å². The highest BCUT2D eigenvalue weighted by atomic mass is 16.6. The number of unbranched alkanes of at least 4 members (excludes halogenated alkanes) is 3. The molecular weight excluding hydrogens is 450 g/mol. The molecule has 2 atom stereocenters. The Labute approximate surface area is 208 Å². The van der Waals surface area contributed by atoms with Crippen LogP contribution in [-0.4, -0.2) is 59.1 Å². The molecule has 0 aromatic heterocycles. The van der Waals surface area contributed by atoms with Crippen LogP contribution in [0.25, 0.3) is 0 Å². The lowest BCUT2D eigenvalue weighted by Gasteiger charge is -2.35. The molecule has 35 heavy (non-hydrogen) atoms. The number of hydrogen-bond acceptors (Lipinski definition) is 6. The first kappa shape index (κ1) is 28.6. The average Bonchev–Trinajstić information content (AvgIpc) is 3.07. The van der Waals surface area contributed by atoms with Gasteiger partial charge in [0.2, 0.25) is 0 Å². The van der Waals surface area contributed by atoms with Crippen molar-refractivity contribution in [2.75, 3.05) is 13.7 Å². The van der Waals surface area contributed by atoms with Crippen LogP contribution in [0.15, 0.2) is 24.3 Å². The van der Waals surface area contributed by atoms with E-state index in [9.17, 15) is 19.5 Å². The number of ether oxygens (including phenoxy) is 3. The standard InChI is InChI=1S/C27H41NO7/c1-26(2,3)35-25(32)28-21(18-34-27(28,4)5)16-10-8-7-9-13-19-14-11-12-15-20(19)17-22(23(29)30)24(31)33-6/h11-12,14-15,21-22H,7-10,13,16-18H2,1-6H3,(H,29,30)/t21-,22?/m0/s1. The number of methoxy groups -OCH3 is 1. The molecule has 0 radical (unpaired) electrons. The van der Waals surface area contributed by atoms with Crippen molar-refractivity contribution in [2.24, 2.45) is 5.92 Å².